The van der Waals surface area contributed by atoms with E-state index in [9.17, 15) is 9.59 Å². The molecule has 1 atom stereocenters. The minimum Gasteiger partial charge on any atom is -0.382 e. The van der Waals surface area contributed by atoms with Crippen LogP contribution in [-0.2, 0) is 24.0 Å². The summed E-state index contributed by atoms with van der Waals surface area (Å²) in [6, 6.07) is 3.88. The molecule has 154 valence electrons. The summed E-state index contributed by atoms with van der Waals surface area (Å²) in [7, 11) is 3.19. The lowest BCUT2D eigenvalue weighted by molar-refractivity contribution is -0.232. The van der Waals surface area contributed by atoms with Crippen LogP contribution in [0.5, 0.6) is 0 Å². The normalized spacial score (nSPS) is 22.5. The molecule has 2 heterocycles. The van der Waals surface area contributed by atoms with Gasteiger partial charge in [0, 0.05) is 24.7 Å². The number of piperidine rings is 1. The number of rotatable bonds is 6. The van der Waals surface area contributed by atoms with E-state index in [1.54, 1.807) is 19.3 Å². The van der Waals surface area contributed by atoms with E-state index in [-0.39, 0.29) is 18.3 Å². The summed E-state index contributed by atoms with van der Waals surface area (Å²) in [4.78, 5) is 38.2. The quantitative estimate of drug-likeness (QED) is 0.485. The van der Waals surface area contributed by atoms with Crippen LogP contribution >= 0.6 is 15.9 Å². The predicted molar refractivity (Wildman–Crippen MR) is 107 cm³/mol. The molecule has 1 aromatic carbocycles. The number of methoxy groups -OCH3 is 1. The summed E-state index contributed by atoms with van der Waals surface area (Å²) in [6.07, 6.45) is 0.951. The van der Waals surface area contributed by atoms with E-state index in [2.05, 4.69) is 15.9 Å². The molecule has 0 saturated carbocycles. The van der Waals surface area contributed by atoms with Gasteiger partial charge in [-0.05, 0) is 55.5 Å². The standard InChI is InChI=1S/C20H27BrN2O5/c1-13-11-15(21)12-14(2)16(13)17-18(24)20(5-7-22(27-4)8-6-20)23(19(17)25)28-10-9-26-3/h11-12,17H,5-10H2,1-4H3. The Hall–Kier alpha value is -1.32. The number of amides is 1. The van der Waals surface area contributed by atoms with Crippen LogP contribution < -0.4 is 0 Å². The average Bonchev–Trinajstić information content (AvgIpc) is 2.84. The third-order valence-corrected chi connectivity index (χ3v) is 6.18. The number of aryl methyl sites for hydroxylation is 2. The minimum absolute atomic E-state index is 0.0841. The van der Waals surface area contributed by atoms with Gasteiger partial charge >= 0.3 is 0 Å². The van der Waals surface area contributed by atoms with Crippen molar-refractivity contribution < 1.29 is 24.0 Å². The molecule has 2 saturated heterocycles. The maximum Gasteiger partial charge on any atom is 0.262 e. The van der Waals surface area contributed by atoms with Gasteiger partial charge in [0.15, 0.2) is 5.78 Å². The zero-order chi connectivity index (χ0) is 20.5. The summed E-state index contributed by atoms with van der Waals surface area (Å²) < 4.78 is 5.99. The third kappa shape index (κ3) is 3.64. The molecular weight excluding hydrogens is 428 g/mol. The second kappa shape index (κ2) is 8.59. The number of Topliss-reactive ketones (excluding diaryl/α,β-unsaturated/α-hetero) is 1. The summed E-state index contributed by atoms with van der Waals surface area (Å²) in [6.45, 7) is 5.55. The topological polar surface area (TPSA) is 68.3 Å². The van der Waals surface area contributed by atoms with E-state index in [1.807, 2.05) is 26.0 Å². The molecule has 0 aliphatic carbocycles. The van der Waals surface area contributed by atoms with E-state index in [1.165, 1.54) is 5.06 Å². The number of benzene rings is 1. The molecule has 2 aliphatic heterocycles. The molecular formula is C20H27BrN2O5. The molecule has 0 aromatic heterocycles. The molecule has 28 heavy (non-hydrogen) atoms. The Morgan fingerprint density at radius 1 is 1.11 bits per heavy atom. The van der Waals surface area contributed by atoms with Gasteiger partial charge in [0.1, 0.15) is 11.5 Å². The van der Waals surface area contributed by atoms with Gasteiger partial charge in [-0.2, -0.15) is 5.06 Å². The lowest BCUT2D eigenvalue weighted by Gasteiger charge is -2.41. The molecule has 1 unspecified atom stereocenters. The predicted octanol–water partition coefficient (Wildman–Crippen LogP) is 2.53. The van der Waals surface area contributed by atoms with Gasteiger partial charge in [0.05, 0.1) is 20.3 Å². The third-order valence-electron chi connectivity index (χ3n) is 5.72. The fourth-order valence-corrected chi connectivity index (χ4v) is 5.01. The molecule has 1 spiro atoms. The number of hydroxylamine groups is 4. The minimum atomic E-state index is -0.962. The van der Waals surface area contributed by atoms with E-state index < -0.39 is 11.5 Å². The first-order valence-corrected chi connectivity index (χ1v) is 10.2. The molecule has 8 heteroatoms. The van der Waals surface area contributed by atoms with Crippen molar-refractivity contribution in [2.75, 3.05) is 40.5 Å². The van der Waals surface area contributed by atoms with Gasteiger partial charge in [0.25, 0.3) is 5.91 Å². The highest BCUT2D eigenvalue weighted by Gasteiger charge is 2.61. The van der Waals surface area contributed by atoms with E-state index in [0.29, 0.717) is 32.5 Å². The number of ketones is 1. The van der Waals surface area contributed by atoms with Crippen molar-refractivity contribution in [2.24, 2.45) is 0 Å². The first-order valence-electron chi connectivity index (χ1n) is 9.41. The highest BCUT2D eigenvalue weighted by molar-refractivity contribution is 9.10. The highest BCUT2D eigenvalue weighted by Crippen LogP contribution is 2.45. The summed E-state index contributed by atoms with van der Waals surface area (Å²) in [5, 5.41) is 3.15. The molecule has 2 fully saturated rings. The Bertz CT molecular complexity index is 738. The number of carbonyl (C=O) groups is 2. The van der Waals surface area contributed by atoms with Crippen LogP contribution in [0, 0.1) is 13.8 Å². The molecule has 3 rings (SSSR count). The second-order valence-corrected chi connectivity index (χ2v) is 8.27. The van der Waals surface area contributed by atoms with Crippen molar-refractivity contribution in [3.63, 3.8) is 0 Å². The second-order valence-electron chi connectivity index (χ2n) is 7.35. The van der Waals surface area contributed by atoms with Crippen molar-refractivity contribution in [3.8, 4) is 0 Å². The number of hydrogen-bond acceptors (Lipinski definition) is 6. The maximum absolute atomic E-state index is 13.7. The summed E-state index contributed by atoms with van der Waals surface area (Å²) in [5.74, 6) is -1.22. The van der Waals surface area contributed by atoms with Gasteiger partial charge in [-0.15, -0.1) is 0 Å². The Balaban J connectivity index is 2.00. The Morgan fingerprint density at radius 2 is 1.71 bits per heavy atom. The van der Waals surface area contributed by atoms with Crippen LogP contribution in [0.1, 0.15) is 35.4 Å². The largest absolute Gasteiger partial charge is 0.382 e. The Labute approximate surface area is 173 Å². The highest BCUT2D eigenvalue weighted by atomic mass is 79.9. The lowest BCUT2D eigenvalue weighted by atomic mass is 9.79. The first kappa shape index (κ1) is 21.4. The summed E-state index contributed by atoms with van der Waals surface area (Å²) >= 11 is 3.49. The van der Waals surface area contributed by atoms with Gasteiger partial charge < -0.3 is 9.57 Å². The van der Waals surface area contributed by atoms with Gasteiger partial charge in [-0.25, -0.2) is 5.06 Å². The van der Waals surface area contributed by atoms with E-state index in [4.69, 9.17) is 14.4 Å². The van der Waals surface area contributed by atoms with E-state index in [0.717, 1.165) is 21.2 Å². The summed E-state index contributed by atoms with van der Waals surface area (Å²) in [5.41, 5.74) is 1.66. The van der Waals surface area contributed by atoms with Crippen LogP contribution in [0.15, 0.2) is 16.6 Å². The zero-order valence-electron chi connectivity index (χ0n) is 16.8. The van der Waals surface area contributed by atoms with Crippen molar-refractivity contribution in [3.05, 3.63) is 33.3 Å². The van der Waals surface area contributed by atoms with Crippen LogP contribution in [0.2, 0.25) is 0 Å². The van der Waals surface area contributed by atoms with Crippen molar-refractivity contribution in [1.29, 1.82) is 0 Å². The van der Waals surface area contributed by atoms with Gasteiger partial charge in [-0.3, -0.25) is 14.4 Å². The van der Waals surface area contributed by atoms with Gasteiger partial charge in [0.2, 0.25) is 0 Å². The molecule has 0 radical (unpaired) electrons. The van der Waals surface area contributed by atoms with E-state index >= 15 is 0 Å². The number of ether oxygens (including phenoxy) is 1. The monoisotopic (exact) mass is 454 g/mol. The Kier molecular flexibility index (Phi) is 6.56. The lowest BCUT2D eigenvalue weighted by Crippen LogP contribution is -2.56. The number of nitrogens with zero attached hydrogens (tertiary/aromatic N) is 2. The smallest absolute Gasteiger partial charge is 0.262 e. The van der Waals surface area contributed by atoms with Crippen molar-refractivity contribution in [1.82, 2.24) is 10.1 Å². The molecule has 2 aliphatic rings. The van der Waals surface area contributed by atoms with Crippen molar-refractivity contribution >= 4 is 27.6 Å². The van der Waals surface area contributed by atoms with Crippen LogP contribution in [0.3, 0.4) is 0 Å². The van der Waals surface area contributed by atoms with Gasteiger partial charge in [-0.1, -0.05) is 15.9 Å². The van der Waals surface area contributed by atoms with Crippen LogP contribution in [-0.4, -0.2) is 67.9 Å². The fraction of sp³-hybridized carbons (Fsp3) is 0.600. The Morgan fingerprint density at radius 3 is 2.25 bits per heavy atom. The van der Waals surface area contributed by atoms with Crippen molar-refractivity contribution in [2.45, 2.75) is 38.1 Å². The SMILES string of the molecule is COCCON1C(=O)C(c2c(C)cc(Br)cc2C)C(=O)C12CCN(OC)CC2. The maximum atomic E-state index is 13.7. The number of carbonyl (C=O) groups excluding carboxylic acids is 2. The molecule has 0 N–H and O–H groups in total. The molecule has 1 aromatic rings. The number of halogens is 1. The van der Waals surface area contributed by atoms with Crippen LogP contribution in [0.25, 0.3) is 0 Å². The fourth-order valence-electron chi connectivity index (χ4n) is 4.33. The number of hydrogen-bond donors (Lipinski definition) is 0. The first-order chi connectivity index (χ1) is 13.4. The molecule has 1 amide bonds. The molecule has 0 bridgehead atoms. The average molecular weight is 455 g/mol. The van der Waals surface area contributed by atoms with Crippen LogP contribution in [0.4, 0.5) is 0 Å². The molecule has 7 nitrogen and oxygen atoms in total. The zero-order valence-corrected chi connectivity index (χ0v) is 18.4.